The highest BCUT2D eigenvalue weighted by molar-refractivity contribution is 5.84. The summed E-state index contributed by atoms with van der Waals surface area (Å²) in [6.45, 7) is 3.06. The summed E-state index contributed by atoms with van der Waals surface area (Å²) in [5, 5.41) is 8.91. The van der Waals surface area contributed by atoms with Crippen LogP contribution in [-0.2, 0) is 14.3 Å². The molecule has 1 heterocycles. The normalized spacial score (nSPS) is 27.4. The Morgan fingerprint density at radius 2 is 2.18 bits per heavy atom. The van der Waals surface area contributed by atoms with E-state index in [0.29, 0.717) is 13.2 Å². The molecule has 1 saturated carbocycles. The van der Waals surface area contributed by atoms with E-state index < -0.39 is 12.1 Å². The lowest BCUT2D eigenvalue weighted by molar-refractivity contribution is -0.165. The molecular weight excluding hydrogens is 222 g/mol. The van der Waals surface area contributed by atoms with Gasteiger partial charge in [0.05, 0.1) is 13.2 Å². The Labute approximate surface area is 101 Å². The van der Waals surface area contributed by atoms with Gasteiger partial charge >= 0.3 is 5.97 Å². The molecule has 17 heavy (non-hydrogen) atoms. The number of carbonyl (C=O) groups excluding carboxylic acids is 1. The van der Waals surface area contributed by atoms with Crippen LogP contribution in [0.1, 0.15) is 32.6 Å². The molecule has 1 aliphatic carbocycles. The zero-order valence-electron chi connectivity index (χ0n) is 10.1. The molecule has 0 unspecified atom stereocenters. The van der Waals surface area contributed by atoms with Crippen LogP contribution in [0.5, 0.6) is 0 Å². The fourth-order valence-corrected chi connectivity index (χ4v) is 2.64. The molecule has 0 aromatic carbocycles. The maximum absolute atomic E-state index is 12.4. The van der Waals surface area contributed by atoms with Gasteiger partial charge in [-0.1, -0.05) is 13.3 Å². The first-order valence-electron chi connectivity index (χ1n) is 6.23. The molecule has 5 heteroatoms. The number of hydrogen-bond acceptors (Lipinski definition) is 3. The minimum atomic E-state index is -0.985. The molecular formula is C12H19NO4. The molecule has 2 fully saturated rings. The average molecular weight is 241 g/mol. The molecule has 1 saturated heterocycles. The summed E-state index contributed by atoms with van der Waals surface area (Å²) < 4.78 is 5.12. The summed E-state index contributed by atoms with van der Waals surface area (Å²) in [5.74, 6) is -0.859. The molecule has 0 radical (unpaired) electrons. The molecule has 1 amide bonds. The molecule has 1 aliphatic heterocycles. The Kier molecular flexibility index (Phi) is 3.38. The Balaban J connectivity index is 2.02. The van der Waals surface area contributed by atoms with E-state index in [1.165, 1.54) is 0 Å². The fraction of sp³-hybridized carbons (Fsp3) is 0.833. The lowest BCUT2D eigenvalue weighted by atomic mass is 9.66. The Morgan fingerprint density at radius 1 is 1.47 bits per heavy atom. The van der Waals surface area contributed by atoms with Gasteiger partial charge in [0.15, 0.2) is 6.10 Å². The van der Waals surface area contributed by atoms with Gasteiger partial charge in [0.25, 0.3) is 0 Å². The first-order valence-corrected chi connectivity index (χ1v) is 6.23. The highest BCUT2D eigenvalue weighted by atomic mass is 16.5. The van der Waals surface area contributed by atoms with Crippen molar-refractivity contribution in [3.63, 3.8) is 0 Å². The van der Waals surface area contributed by atoms with Crippen molar-refractivity contribution in [3.05, 3.63) is 0 Å². The van der Waals surface area contributed by atoms with Gasteiger partial charge in [0, 0.05) is 12.0 Å². The van der Waals surface area contributed by atoms with Crippen molar-refractivity contribution in [3.8, 4) is 0 Å². The molecule has 2 rings (SSSR count). The van der Waals surface area contributed by atoms with Gasteiger partial charge in [0.1, 0.15) is 0 Å². The van der Waals surface area contributed by atoms with Gasteiger partial charge in [0.2, 0.25) is 5.91 Å². The number of amides is 1. The summed E-state index contributed by atoms with van der Waals surface area (Å²) in [6, 6.07) is 0. The van der Waals surface area contributed by atoms with Crippen molar-refractivity contribution in [1.82, 2.24) is 4.90 Å². The van der Waals surface area contributed by atoms with Crippen molar-refractivity contribution in [2.45, 2.75) is 38.7 Å². The molecule has 2 aliphatic rings. The van der Waals surface area contributed by atoms with Gasteiger partial charge < -0.3 is 14.7 Å². The molecule has 0 aromatic heterocycles. The second-order valence-electron chi connectivity index (χ2n) is 4.94. The third kappa shape index (κ3) is 2.16. The summed E-state index contributed by atoms with van der Waals surface area (Å²) in [5.41, 5.74) is -0.208. The molecule has 0 aromatic rings. The van der Waals surface area contributed by atoms with E-state index in [-0.39, 0.29) is 17.9 Å². The number of carbonyl (C=O) groups is 2. The average Bonchev–Trinajstić information content (AvgIpc) is 2.28. The zero-order chi connectivity index (χ0) is 12.5. The van der Waals surface area contributed by atoms with Crippen LogP contribution in [0.2, 0.25) is 0 Å². The van der Waals surface area contributed by atoms with Crippen molar-refractivity contribution >= 4 is 11.9 Å². The van der Waals surface area contributed by atoms with E-state index in [0.717, 1.165) is 25.7 Å². The molecule has 0 spiro atoms. The van der Waals surface area contributed by atoms with Crippen LogP contribution in [-0.4, -0.2) is 47.7 Å². The monoisotopic (exact) mass is 241 g/mol. The van der Waals surface area contributed by atoms with Crippen molar-refractivity contribution in [1.29, 1.82) is 0 Å². The standard InChI is InChI=1S/C12H19NO4/c1-2-12(4-3-5-12)11(16)13-6-7-17-9(8-13)10(14)15/h9H,2-8H2,1H3,(H,14,15)/t9-/m0/s1. The van der Waals surface area contributed by atoms with Crippen LogP contribution < -0.4 is 0 Å². The van der Waals surface area contributed by atoms with Crippen molar-refractivity contribution in [2.24, 2.45) is 5.41 Å². The largest absolute Gasteiger partial charge is 0.479 e. The molecule has 0 bridgehead atoms. The first kappa shape index (κ1) is 12.4. The zero-order valence-corrected chi connectivity index (χ0v) is 10.1. The van der Waals surface area contributed by atoms with Crippen LogP contribution in [0.15, 0.2) is 0 Å². The molecule has 96 valence electrons. The number of rotatable bonds is 3. The van der Waals surface area contributed by atoms with Crippen LogP contribution >= 0.6 is 0 Å². The number of carboxylic acids is 1. The summed E-state index contributed by atoms with van der Waals surface area (Å²) in [6.07, 6.45) is 2.98. The smallest absolute Gasteiger partial charge is 0.334 e. The van der Waals surface area contributed by atoms with Crippen molar-refractivity contribution < 1.29 is 19.4 Å². The lowest BCUT2D eigenvalue weighted by Crippen LogP contribution is -2.54. The van der Waals surface area contributed by atoms with Gasteiger partial charge in [-0.25, -0.2) is 4.79 Å². The van der Waals surface area contributed by atoms with E-state index in [9.17, 15) is 9.59 Å². The number of morpholine rings is 1. The van der Waals surface area contributed by atoms with Crippen LogP contribution in [0.3, 0.4) is 0 Å². The SMILES string of the molecule is CCC1(C(=O)N2CCO[C@H](C(=O)O)C2)CCC1. The van der Waals surface area contributed by atoms with E-state index in [1.54, 1.807) is 4.90 Å². The van der Waals surface area contributed by atoms with Gasteiger partial charge in [-0.2, -0.15) is 0 Å². The maximum Gasteiger partial charge on any atom is 0.334 e. The number of aliphatic carboxylic acids is 1. The summed E-state index contributed by atoms with van der Waals surface area (Å²) >= 11 is 0. The number of hydrogen-bond donors (Lipinski definition) is 1. The third-order valence-electron chi connectivity index (χ3n) is 4.07. The topological polar surface area (TPSA) is 66.8 Å². The second-order valence-corrected chi connectivity index (χ2v) is 4.94. The Hall–Kier alpha value is -1.10. The predicted molar refractivity (Wildman–Crippen MR) is 60.5 cm³/mol. The van der Waals surface area contributed by atoms with Crippen molar-refractivity contribution in [2.75, 3.05) is 19.7 Å². The third-order valence-corrected chi connectivity index (χ3v) is 4.07. The molecule has 5 nitrogen and oxygen atoms in total. The quantitative estimate of drug-likeness (QED) is 0.796. The van der Waals surface area contributed by atoms with E-state index in [4.69, 9.17) is 9.84 Å². The van der Waals surface area contributed by atoms with Crippen LogP contribution in [0, 0.1) is 5.41 Å². The van der Waals surface area contributed by atoms with Gasteiger partial charge in [-0.05, 0) is 19.3 Å². The molecule has 1 atom stereocenters. The van der Waals surface area contributed by atoms with E-state index in [2.05, 4.69) is 0 Å². The van der Waals surface area contributed by atoms with Crippen LogP contribution in [0.25, 0.3) is 0 Å². The predicted octanol–water partition coefficient (Wildman–Crippen LogP) is 0.879. The first-order chi connectivity index (χ1) is 8.09. The maximum atomic E-state index is 12.4. The minimum Gasteiger partial charge on any atom is -0.479 e. The van der Waals surface area contributed by atoms with Gasteiger partial charge in [-0.3, -0.25) is 4.79 Å². The molecule has 1 N–H and O–H groups in total. The lowest BCUT2D eigenvalue weighted by Gasteiger charge is -2.44. The number of ether oxygens (including phenoxy) is 1. The van der Waals surface area contributed by atoms with E-state index in [1.807, 2.05) is 6.92 Å². The second kappa shape index (κ2) is 4.64. The van der Waals surface area contributed by atoms with E-state index >= 15 is 0 Å². The Morgan fingerprint density at radius 3 is 2.65 bits per heavy atom. The Bertz CT molecular complexity index is 319. The fourth-order valence-electron chi connectivity index (χ4n) is 2.64. The number of carboxylic acid groups (broad SMARTS) is 1. The highest BCUT2D eigenvalue weighted by Crippen LogP contribution is 2.45. The minimum absolute atomic E-state index is 0.126. The highest BCUT2D eigenvalue weighted by Gasteiger charge is 2.45. The summed E-state index contributed by atoms with van der Waals surface area (Å²) in [4.78, 5) is 24.9. The number of nitrogens with zero attached hydrogens (tertiary/aromatic N) is 1. The van der Waals surface area contributed by atoms with Gasteiger partial charge in [-0.15, -0.1) is 0 Å². The van der Waals surface area contributed by atoms with Crippen LogP contribution in [0.4, 0.5) is 0 Å². The summed E-state index contributed by atoms with van der Waals surface area (Å²) in [7, 11) is 0.